The molecule has 1 aliphatic rings. The number of H-pyrrole nitrogens is 1. The van der Waals surface area contributed by atoms with Gasteiger partial charge in [-0.15, -0.1) is 0 Å². The summed E-state index contributed by atoms with van der Waals surface area (Å²) in [6.45, 7) is 1.03. The van der Waals surface area contributed by atoms with Crippen molar-refractivity contribution in [2.45, 2.75) is 37.4 Å². The lowest BCUT2D eigenvalue weighted by Crippen LogP contribution is -2.52. The maximum Gasteiger partial charge on any atom is 0.330 e. The Morgan fingerprint density at radius 1 is 1.42 bits per heavy atom. The van der Waals surface area contributed by atoms with Gasteiger partial charge in [0.05, 0.1) is 13.2 Å². The largest absolute Gasteiger partial charge is 0.394 e. The standard InChI is InChI=1S/C14H23N3O7/c1-8-6-17(13(22)15-12(8)21)14(4-5-23-16(2)3)11(20)10(19)9(7-18)24-14/h6,9-11,18-20H,4-5,7H2,1-3H3,(H,15,21,22)/t9-,10-,11-,14-/m1/s1. The Hall–Kier alpha value is -1.56. The van der Waals surface area contributed by atoms with Crippen LogP contribution in [0.5, 0.6) is 0 Å². The second-order valence-corrected chi connectivity index (χ2v) is 5.96. The molecule has 0 unspecified atom stereocenters. The molecule has 1 fully saturated rings. The van der Waals surface area contributed by atoms with Gasteiger partial charge in [0, 0.05) is 32.3 Å². The lowest BCUT2D eigenvalue weighted by atomic mass is 9.99. The van der Waals surface area contributed by atoms with E-state index in [9.17, 15) is 24.9 Å². The predicted molar refractivity (Wildman–Crippen MR) is 82.3 cm³/mol. The van der Waals surface area contributed by atoms with Crippen LogP contribution in [0.1, 0.15) is 12.0 Å². The summed E-state index contributed by atoms with van der Waals surface area (Å²) in [5.74, 6) is 0. The zero-order valence-electron chi connectivity index (χ0n) is 13.8. The van der Waals surface area contributed by atoms with Gasteiger partial charge in [-0.2, -0.15) is 5.06 Å². The molecule has 0 amide bonds. The van der Waals surface area contributed by atoms with Crippen molar-refractivity contribution >= 4 is 0 Å². The van der Waals surface area contributed by atoms with E-state index in [2.05, 4.69) is 4.98 Å². The minimum atomic E-state index is -1.67. The number of hydrogen-bond donors (Lipinski definition) is 4. The number of nitrogens with zero attached hydrogens (tertiary/aromatic N) is 2. The van der Waals surface area contributed by atoms with Crippen molar-refractivity contribution in [3.63, 3.8) is 0 Å². The zero-order chi connectivity index (χ0) is 18.1. The first-order valence-corrected chi connectivity index (χ1v) is 7.51. The molecule has 136 valence electrons. The van der Waals surface area contributed by atoms with Crippen molar-refractivity contribution in [3.8, 4) is 0 Å². The first-order valence-electron chi connectivity index (χ1n) is 7.51. The summed E-state index contributed by atoms with van der Waals surface area (Å²) >= 11 is 0. The fraction of sp³-hybridized carbons (Fsp3) is 0.714. The molecule has 1 aromatic heterocycles. The van der Waals surface area contributed by atoms with Crippen molar-refractivity contribution < 1.29 is 24.9 Å². The Labute approximate surface area is 137 Å². The smallest absolute Gasteiger partial charge is 0.330 e. The summed E-state index contributed by atoms with van der Waals surface area (Å²) in [7, 11) is 3.33. The van der Waals surface area contributed by atoms with Gasteiger partial charge >= 0.3 is 5.69 Å². The highest BCUT2D eigenvalue weighted by molar-refractivity contribution is 5.07. The Morgan fingerprint density at radius 3 is 2.62 bits per heavy atom. The summed E-state index contributed by atoms with van der Waals surface area (Å²) in [5, 5.41) is 31.4. The number of rotatable bonds is 6. The van der Waals surface area contributed by atoms with Crippen LogP contribution in [-0.4, -0.2) is 75.6 Å². The number of aromatic amines is 1. The third kappa shape index (κ3) is 3.29. The van der Waals surface area contributed by atoms with E-state index in [0.29, 0.717) is 0 Å². The Morgan fingerprint density at radius 2 is 2.08 bits per heavy atom. The van der Waals surface area contributed by atoms with E-state index in [1.54, 1.807) is 14.1 Å². The van der Waals surface area contributed by atoms with E-state index in [-0.39, 0.29) is 18.6 Å². The maximum absolute atomic E-state index is 12.2. The van der Waals surface area contributed by atoms with Crippen LogP contribution in [0.25, 0.3) is 0 Å². The van der Waals surface area contributed by atoms with E-state index < -0.39 is 41.9 Å². The third-order valence-electron chi connectivity index (χ3n) is 4.04. The van der Waals surface area contributed by atoms with Crippen LogP contribution in [-0.2, 0) is 15.3 Å². The van der Waals surface area contributed by atoms with Crippen molar-refractivity contribution in [1.29, 1.82) is 0 Å². The van der Waals surface area contributed by atoms with Gasteiger partial charge in [-0.05, 0) is 6.92 Å². The summed E-state index contributed by atoms with van der Waals surface area (Å²) in [4.78, 5) is 31.3. The van der Waals surface area contributed by atoms with E-state index in [4.69, 9.17) is 9.57 Å². The number of hydrogen-bond acceptors (Lipinski definition) is 8. The van der Waals surface area contributed by atoms with Crippen molar-refractivity contribution in [2.24, 2.45) is 0 Å². The molecular weight excluding hydrogens is 322 g/mol. The number of hydroxylamine groups is 2. The topological polar surface area (TPSA) is 137 Å². The van der Waals surface area contributed by atoms with Gasteiger partial charge in [-0.1, -0.05) is 0 Å². The number of aliphatic hydroxyl groups excluding tert-OH is 3. The van der Waals surface area contributed by atoms with E-state index in [1.165, 1.54) is 18.2 Å². The molecule has 0 aromatic carbocycles. The fourth-order valence-corrected chi connectivity index (χ4v) is 2.77. The minimum Gasteiger partial charge on any atom is -0.394 e. The Balaban J connectivity index is 2.50. The monoisotopic (exact) mass is 345 g/mol. The molecule has 1 aliphatic heterocycles. The molecular formula is C14H23N3O7. The van der Waals surface area contributed by atoms with E-state index in [1.807, 2.05) is 0 Å². The summed E-state index contributed by atoms with van der Waals surface area (Å²) in [6.07, 6.45) is -2.70. The molecule has 4 atom stereocenters. The molecule has 0 bridgehead atoms. The molecule has 0 saturated carbocycles. The van der Waals surface area contributed by atoms with E-state index >= 15 is 0 Å². The third-order valence-corrected chi connectivity index (χ3v) is 4.04. The quantitative estimate of drug-likeness (QED) is 0.415. The van der Waals surface area contributed by atoms with Gasteiger partial charge in [0.25, 0.3) is 5.56 Å². The first-order chi connectivity index (χ1) is 11.2. The van der Waals surface area contributed by atoms with Crippen LogP contribution in [0.3, 0.4) is 0 Å². The number of aromatic nitrogens is 2. The predicted octanol–water partition coefficient (Wildman–Crippen LogP) is -2.51. The summed E-state index contributed by atoms with van der Waals surface area (Å²) < 4.78 is 6.69. The number of aliphatic hydroxyl groups is 3. The molecule has 2 rings (SSSR count). The molecule has 0 spiro atoms. The van der Waals surface area contributed by atoms with Gasteiger partial charge in [0.1, 0.15) is 18.3 Å². The van der Waals surface area contributed by atoms with E-state index in [0.717, 1.165) is 4.57 Å². The Kier molecular flexibility index (Phi) is 5.58. The molecule has 4 N–H and O–H groups in total. The molecule has 0 radical (unpaired) electrons. The Bertz CT molecular complexity index is 686. The van der Waals surface area contributed by atoms with Gasteiger partial charge in [-0.25, -0.2) is 4.79 Å². The lowest BCUT2D eigenvalue weighted by Gasteiger charge is -2.34. The van der Waals surface area contributed by atoms with Crippen molar-refractivity contribution in [2.75, 3.05) is 27.3 Å². The number of nitrogens with one attached hydrogen (secondary N) is 1. The molecule has 1 saturated heterocycles. The van der Waals surface area contributed by atoms with Gasteiger partial charge in [0.2, 0.25) is 0 Å². The molecule has 10 heteroatoms. The average molecular weight is 345 g/mol. The molecule has 10 nitrogen and oxygen atoms in total. The first kappa shape index (κ1) is 18.8. The molecule has 1 aromatic rings. The van der Waals surface area contributed by atoms with Crippen LogP contribution in [0.15, 0.2) is 15.8 Å². The normalized spacial score (nSPS) is 30.2. The highest BCUT2D eigenvalue weighted by atomic mass is 16.7. The van der Waals surface area contributed by atoms with Crippen LogP contribution >= 0.6 is 0 Å². The van der Waals surface area contributed by atoms with Gasteiger partial charge in [0.15, 0.2) is 5.72 Å². The highest BCUT2D eigenvalue weighted by Gasteiger charge is 2.55. The second-order valence-electron chi connectivity index (χ2n) is 5.96. The highest BCUT2D eigenvalue weighted by Crippen LogP contribution is 2.37. The summed E-state index contributed by atoms with van der Waals surface area (Å²) in [6, 6.07) is 0. The van der Waals surface area contributed by atoms with Crippen molar-refractivity contribution in [1.82, 2.24) is 14.6 Å². The van der Waals surface area contributed by atoms with Gasteiger partial charge in [-0.3, -0.25) is 19.2 Å². The molecule has 24 heavy (non-hydrogen) atoms. The average Bonchev–Trinajstić information content (AvgIpc) is 2.76. The van der Waals surface area contributed by atoms with Gasteiger partial charge < -0.3 is 20.1 Å². The molecule has 0 aliphatic carbocycles. The zero-order valence-corrected chi connectivity index (χ0v) is 13.8. The van der Waals surface area contributed by atoms with Crippen LogP contribution in [0.4, 0.5) is 0 Å². The SMILES string of the molecule is Cc1cn([C@]2(CCON(C)C)O[C@H](CO)[C@@H](O)[C@H]2O)c(=O)[nH]c1=O. The maximum atomic E-state index is 12.2. The molecule has 2 heterocycles. The van der Waals surface area contributed by atoms with Crippen molar-refractivity contribution in [3.05, 3.63) is 32.6 Å². The number of ether oxygens (including phenoxy) is 1. The lowest BCUT2D eigenvalue weighted by molar-refractivity contribution is -0.188. The van der Waals surface area contributed by atoms with Crippen LogP contribution < -0.4 is 11.2 Å². The van der Waals surface area contributed by atoms with Crippen LogP contribution in [0, 0.1) is 6.92 Å². The summed E-state index contributed by atoms with van der Waals surface area (Å²) in [5.41, 5.74) is -2.78. The minimum absolute atomic E-state index is 0.00526. The number of aryl methyl sites for hydroxylation is 1. The fourth-order valence-electron chi connectivity index (χ4n) is 2.77. The van der Waals surface area contributed by atoms with Crippen LogP contribution in [0.2, 0.25) is 0 Å². The second kappa shape index (κ2) is 7.13.